The molecule has 2 fully saturated rings. The van der Waals surface area contributed by atoms with Gasteiger partial charge in [0, 0.05) is 35.9 Å². The molecule has 2 aliphatic carbocycles. The van der Waals surface area contributed by atoms with E-state index in [9.17, 15) is 9.59 Å². The standard InChI is InChI=1S/C34H38N2O4/c1-23(37)39-34(29-20-9-11-22-31(29)36-25-15-6-3-7-16-25)32-27(18-12-19-28(32)33(38)40-34)26-17-8-10-21-30(26)35-24-13-4-2-5-14-24/h8-12,17-22,24-25,35-36H,2-7,13-16H2,1H3. The number of esters is 2. The van der Waals surface area contributed by atoms with E-state index in [1.165, 1.54) is 45.4 Å². The molecule has 208 valence electrons. The van der Waals surface area contributed by atoms with Gasteiger partial charge < -0.3 is 20.1 Å². The first kappa shape index (κ1) is 26.4. The summed E-state index contributed by atoms with van der Waals surface area (Å²) < 4.78 is 12.3. The Balaban J connectivity index is 1.50. The van der Waals surface area contributed by atoms with Crippen LogP contribution in [0.1, 0.15) is 92.6 Å². The van der Waals surface area contributed by atoms with Crippen molar-refractivity contribution in [1.29, 1.82) is 0 Å². The summed E-state index contributed by atoms with van der Waals surface area (Å²) in [5.74, 6) is -2.72. The van der Waals surface area contributed by atoms with Crippen LogP contribution in [0, 0.1) is 0 Å². The molecule has 6 nitrogen and oxygen atoms in total. The molecular formula is C34H38N2O4. The maximum atomic E-state index is 13.5. The molecule has 40 heavy (non-hydrogen) atoms. The van der Waals surface area contributed by atoms with Crippen LogP contribution in [0.25, 0.3) is 11.1 Å². The Morgan fingerprint density at radius 1 is 0.725 bits per heavy atom. The zero-order chi connectivity index (χ0) is 27.5. The lowest BCUT2D eigenvalue weighted by Crippen LogP contribution is -2.35. The monoisotopic (exact) mass is 538 g/mol. The number of benzene rings is 3. The number of rotatable bonds is 7. The number of anilines is 2. The van der Waals surface area contributed by atoms with Crippen LogP contribution in [0.15, 0.2) is 66.7 Å². The molecule has 0 bridgehead atoms. The van der Waals surface area contributed by atoms with Gasteiger partial charge in [0.2, 0.25) is 0 Å². The summed E-state index contributed by atoms with van der Waals surface area (Å²) in [4.78, 5) is 26.2. The van der Waals surface area contributed by atoms with Crippen LogP contribution in [0.5, 0.6) is 0 Å². The van der Waals surface area contributed by atoms with Gasteiger partial charge in [0.05, 0.1) is 16.7 Å². The predicted molar refractivity (Wildman–Crippen MR) is 157 cm³/mol. The Bertz CT molecular complexity index is 1390. The quantitative estimate of drug-likeness (QED) is 0.299. The molecule has 6 heteroatoms. The molecule has 2 saturated carbocycles. The molecule has 1 unspecified atom stereocenters. The number of fused-ring (bicyclic) bond motifs is 1. The van der Waals surface area contributed by atoms with Crippen LogP contribution < -0.4 is 10.6 Å². The fraction of sp³-hybridized carbons (Fsp3) is 0.412. The first-order valence-electron chi connectivity index (χ1n) is 14.8. The van der Waals surface area contributed by atoms with E-state index in [0.29, 0.717) is 28.8 Å². The molecule has 6 rings (SSSR count). The van der Waals surface area contributed by atoms with Crippen molar-refractivity contribution in [2.45, 2.75) is 89.0 Å². The second kappa shape index (κ2) is 11.4. The zero-order valence-electron chi connectivity index (χ0n) is 23.2. The minimum atomic E-state index is -1.70. The molecule has 1 heterocycles. The van der Waals surface area contributed by atoms with Gasteiger partial charge in [-0.3, -0.25) is 4.79 Å². The van der Waals surface area contributed by atoms with E-state index in [0.717, 1.165) is 48.2 Å². The molecule has 2 N–H and O–H groups in total. The first-order valence-corrected chi connectivity index (χ1v) is 14.8. The van der Waals surface area contributed by atoms with Crippen LogP contribution in [0.4, 0.5) is 11.4 Å². The number of hydrogen-bond acceptors (Lipinski definition) is 6. The summed E-state index contributed by atoms with van der Waals surface area (Å²) in [6.07, 6.45) is 11.8. The Kier molecular flexibility index (Phi) is 7.50. The average Bonchev–Trinajstić information content (AvgIpc) is 3.26. The third-order valence-corrected chi connectivity index (χ3v) is 8.57. The van der Waals surface area contributed by atoms with Gasteiger partial charge in [-0.25, -0.2) is 4.79 Å². The number of ether oxygens (including phenoxy) is 2. The maximum Gasteiger partial charge on any atom is 0.342 e. The van der Waals surface area contributed by atoms with Crippen molar-refractivity contribution in [2.24, 2.45) is 0 Å². The Hall–Kier alpha value is -3.80. The van der Waals surface area contributed by atoms with E-state index >= 15 is 0 Å². The van der Waals surface area contributed by atoms with Gasteiger partial charge in [-0.05, 0) is 55.5 Å². The second-order valence-electron chi connectivity index (χ2n) is 11.4. The number of cyclic esters (lactones) is 1. The summed E-state index contributed by atoms with van der Waals surface area (Å²) in [6, 6.07) is 22.3. The molecule has 0 radical (unpaired) electrons. The van der Waals surface area contributed by atoms with Crippen molar-refractivity contribution in [1.82, 2.24) is 0 Å². The van der Waals surface area contributed by atoms with Crippen LogP contribution in [0.3, 0.4) is 0 Å². The number of para-hydroxylation sites is 2. The van der Waals surface area contributed by atoms with Gasteiger partial charge in [0.15, 0.2) is 0 Å². The lowest BCUT2D eigenvalue weighted by Gasteiger charge is -2.33. The van der Waals surface area contributed by atoms with Gasteiger partial charge in [-0.1, -0.05) is 81.0 Å². The van der Waals surface area contributed by atoms with E-state index in [-0.39, 0.29) is 0 Å². The topological polar surface area (TPSA) is 76.7 Å². The van der Waals surface area contributed by atoms with Crippen molar-refractivity contribution in [3.63, 3.8) is 0 Å². The third-order valence-electron chi connectivity index (χ3n) is 8.57. The highest BCUT2D eigenvalue weighted by Gasteiger charge is 2.53. The molecular weight excluding hydrogens is 500 g/mol. The molecule has 1 aliphatic heterocycles. The van der Waals surface area contributed by atoms with Crippen LogP contribution >= 0.6 is 0 Å². The van der Waals surface area contributed by atoms with E-state index in [2.05, 4.69) is 22.8 Å². The number of nitrogens with one attached hydrogen (secondary N) is 2. The Morgan fingerprint density at radius 2 is 1.27 bits per heavy atom. The normalized spacial score (nSPS) is 21.4. The average molecular weight is 539 g/mol. The molecule has 0 amide bonds. The van der Waals surface area contributed by atoms with E-state index in [4.69, 9.17) is 9.47 Å². The van der Waals surface area contributed by atoms with Crippen molar-refractivity contribution in [3.05, 3.63) is 83.4 Å². The molecule has 1 atom stereocenters. The largest absolute Gasteiger partial charge is 0.414 e. The third kappa shape index (κ3) is 5.07. The summed E-state index contributed by atoms with van der Waals surface area (Å²) in [7, 11) is 0. The van der Waals surface area contributed by atoms with Crippen LogP contribution in [-0.4, -0.2) is 24.0 Å². The predicted octanol–water partition coefficient (Wildman–Crippen LogP) is 7.78. The number of carbonyl (C=O) groups is 2. The zero-order valence-corrected chi connectivity index (χ0v) is 23.2. The van der Waals surface area contributed by atoms with Crippen molar-refractivity contribution in [2.75, 3.05) is 10.6 Å². The molecule has 3 aromatic rings. The fourth-order valence-electron chi connectivity index (χ4n) is 6.73. The highest BCUT2D eigenvalue weighted by Crippen LogP contribution is 2.50. The van der Waals surface area contributed by atoms with Gasteiger partial charge >= 0.3 is 17.7 Å². The summed E-state index contributed by atoms with van der Waals surface area (Å²) >= 11 is 0. The summed E-state index contributed by atoms with van der Waals surface area (Å²) in [5.41, 5.74) is 5.22. The molecule has 0 spiro atoms. The molecule has 3 aromatic carbocycles. The molecule has 0 saturated heterocycles. The van der Waals surface area contributed by atoms with Gasteiger partial charge in [0.25, 0.3) is 0 Å². The summed E-state index contributed by atoms with van der Waals surface area (Å²) in [6.45, 7) is 1.37. The number of hydrogen-bond donors (Lipinski definition) is 2. The lowest BCUT2D eigenvalue weighted by molar-refractivity contribution is -0.190. The van der Waals surface area contributed by atoms with Crippen LogP contribution in [-0.2, 0) is 20.1 Å². The van der Waals surface area contributed by atoms with Gasteiger partial charge in [-0.15, -0.1) is 0 Å². The molecule has 0 aromatic heterocycles. The maximum absolute atomic E-state index is 13.5. The lowest BCUT2D eigenvalue weighted by atomic mass is 9.86. The van der Waals surface area contributed by atoms with E-state index in [1.807, 2.05) is 48.5 Å². The highest BCUT2D eigenvalue weighted by atomic mass is 16.7. The summed E-state index contributed by atoms with van der Waals surface area (Å²) in [5, 5.41) is 7.48. The number of carbonyl (C=O) groups excluding carboxylic acids is 2. The van der Waals surface area contributed by atoms with Gasteiger partial charge in [0.1, 0.15) is 0 Å². The minimum absolute atomic E-state index is 0.316. The van der Waals surface area contributed by atoms with Crippen molar-refractivity contribution >= 4 is 23.3 Å². The second-order valence-corrected chi connectivity index (χ2v) is 11.4. The molecule has 3 aliphatic rings. The van der Waals surface area contributed by atoms with E-state index < -0.39 is 17.7 Å². The smallest absolute Gasteiger partial charge is 0.342 e. The van der Waals surface area contributed by atoms with E-state index in [1.54, 1.807) is 6.07 Å². The first-order chi connectivity index (χ1) is 19.5. The highest BCUT2D eigenvalue weighted by molar-refractivity contribution is 6.00. The van der Waals surface area contributed by atoms with Crippen molar-refractivity contribution < 1.29 is 19.1 Å². The van der Waals surface area contributed by atoms with Gasteiger partial charge in [-0.2, -0.15) is 0 Å². The Morgan fingerprint density at radius 3 is 1.95 bits per heavy atom. The Labute approximate surface area is 236 Å². The fourth-order valence-corrected chi connectivity index (χ4v) is 6.73. The SMILES string of the molecule is CC(=O)OC1(c2ccccc2NC2CCCCC2)OC(=O)c2cccc(-c3ccccc3NC3CCCCC3)c21. The minimum Gasteiger partial charge on any atom is -0.414 e. The van der Waals surface area contributed by atoms with Crippen LogP contribution in [0.2, 0.25) is 0 Å². The van der Waals surface area contributed by atoms with Crippen molar-refractivity contribution in [3.8, 4) is 11.1 Å².